The SMILES string of the molecule is CCOC(=O)c1cc2c(-c3cc(CS(C)(=O)=O)ccc3Nc3ccc(Cl)cc3)cn(C)c(=O)c2[nH]1. The molecule has 10 heteroatoms. The topological polar surface area (TPSA) is 110 Å². The third kappa shape index (κ3) is 5.41. The normalized spacial score (nSPS) is 11.5. The van der Waals surface area contributed by atoms with Crippen LogP contribution >= 0.6 is 11.6 Å². The Morgan fingerprint density at radius 3 is 2.49 bits per heavy atom. The number of benzene rings is 2. The fourth-order valence-corrected chi connectivity index (χ4v) is 4.78. The van der Waals surface area contributed by atoms with Gasteiger partial charge in [0.1, 0.15) is 11.2 Å². The highest BCUT2D eigenvalue weighted by molar-refractivity contribution is 7.89. The lowest BCUT2D eigenvalue weighted by molar-refractivity contribution is 0.0520. The predicted molar refractivity (Wildman–Crippen MR) is 138 cm³/mol. The first kappa shape index (κ1) is 24.6. The van der Waals surface area contributed by atoms with Crippen LogP contribution in [0.4, 0.5) is 11.4 Å². The van der Waals surface area contributed by atoms with Crippen LogP contribution in [0, 0.1) is 0 Å². The molecule has 4 rings (SSSR count). The number of carbonyl (C=O) groups excluding carboxylic acids is 1. The summed E-state index contributed by atoms with van der Waals surface area (Å²) >= 11 is 6.01. The van der Waals surface area contributed by atoms with Crippen molar-refractivity contribution in [1.82, 2.24) is 9.55 Å². The van der Waals surface area contributed by atoms with E-state index < -0.39 is 15.8 Å². The van der Waals surface area contributed by atoms with Crippen molar-refractivity contribution in [2.75, 3.05) is 18.2 Å². The summed E-state index contributed by atoms with van der Waals surface area (Å²) in [4.78, 5) is 28.1. The number of sulfone groups is 1. The van der Waals surface area contributed by atoms with E-state index in [9.17, 15) is 18.0 Å². The predicted octanol–water partition coefficient (Wildman–Crippen LogP) is 4.65. The van der Waals surface area contributed by atoms with Crippen molar-refractivity contribution in [1.29, 1.82) is 0 Å². The number of ether oxygens (including phenoxy) is 1. The van der Waals surface area contributed by atoms with E-state index in [1.807, 2.05) is 12.1 Å². The van der Waals surface area contributed by atoms with Gasteiger partial charge in [-0.15, -0.1) is 0 Å². The first-order chi connectivity index (χ1) is 16.6. The summed E-state index contributed by atoms with van der Waals surface area (Å²) in [6.45, 7) is 1.90. The van der Waals surface area contributed by atoms with Crippen molar-refractivity contribution in [2.45, 2.75) is 12.7 Å². The van der Waals surface area contributed by atoms with E-state index in [0.29, 0.717) is 32.8 Å². The van der Waals surface area contributed by atoms with Gasteiger partial charge in [-0.3, -0.25) is 4.79 Å². The fraction of sp³-hybridized carbons (Fsp3) is 0.200. The van der Waals surface area contributed by atoms with Crippen LogP contribution < -0.4 is 10.9 Å². The zero-order chi connectivity index (χ0) is 25.3. The average molecular weight is 514 g/mol. The lowest BCUT2D eigenvalue weighted by Gasteiger charge is -2.16. The molecule has 0 saturated carbocycles. The largest absolute Gasteiger partial charge is 0.461 e. The molecular weight excluding hydrogens is 490 g/mol. The molecule has 0 spiro atoms. The molecule has 0 aliphatic rings. The Balaban J connectivity index is 1.95. The molecule has 2 aromatic carbocycles. The molecule has 2 heterocycles. The molecule has 0 amide bonds. The lowest BCUT2D eigenvalue weighted by Crippen LogP contribution is -2.17. The number of aryl methyl sites for hydroxylation is 1. The van der Waals surface area contributed by atoms with Gasteiger partial charge in [-0.05, 0) is 55.0 Å². The smallest absolute Gasteiger partial charge is 0.354 e. The van der Waals surface area contributed by atoms with E-state index in [0.717, 1.165) is 5.69 Å². The number of aromatic nitrogens is 2. The summed E-state index contributed by atoms with van der Waals surface area (Å²) in [6.07, 6.45) is 2.84. The fourth-order valence-electron chi connectivity index (χ4n) is 3.87. The summed E-state index contributed by atoms with van der Waals surface area (Å²) in [7, 11) is -1.67. The standard InChI is InChI=1S/C25H24ClN3O5S/c1-4-34-25(31)22-12-19-20(13-29(2)24(30)23(19)28-22)18-11-15(14-35(3,32)33)5-10-21(18)27-17-8-6-16(26)7-9-17/h5-13,27-28H,4,14H2,1-3H3. The molecule has 0 aliphatic heterocycles. The van der Waals surface area contributed by atoms with Gasteiger partial charge in [0.25, 0.3) is 5.56 Å². The van der Waals surface area contributed by atoms with E-state index in [1.54, 1.807) is 56.6 Å². The van der Waals surface area contributed by atoms with E-state index in [2.05, 4.69) is 10.3 Å². The van der Waals surface area contributed by atoms with E-state index in [4.69, 9.17) is 16.3 Å². The number of pyridine rings is 1. The highest BCUT2D eigenvalue weighted by Gasteiger charge is 2.19. The monoisotopic (exact) mass is 513 g/mol. The van der Waals surface area contributed by atoms with Crippen LogP contribution in [-0.4, -0.2) is 36.8 Å². The number of rotatable bonds is 7. The van der Waals surface area contributed by atoms with Crippen molar-refractivity contribution in [3.05, 3.63) is 81.4 Å². The molecular formula is C25H24ClN3O5S. The lowest BCUT2D eigenvalue weighted by atomic mass is 9.99. The van der Waals surface area contributed by atoms with Crippen molar-refractivity contribution in [3.8, 4) is 11.1 Å². The van der Waals surface area contributed by atoms with Gasteiger partial charge in [0.05, 0.1) is 12.4 Å². The molecule has 0 fully saturated rings. The number of hydrogen-bond acceptors (Lipinski definition) is 6. The number of nitrogens with one attached hydrogen (secondary N) is 2. The van der Waals surface area contributed by atoms with Gasteiger partial charge >= 0.3 is 5.97 Å². The minimum Gasteiger partial charge on any atom is -0.461 e. The molecule has 8 nitrogen and oxygen atoms in total. The molecule has 0 bridgehead atoms. The van der Waals surface area contributed by atoms with Crippen LogP contribution in [0.5, 0.6) is 0 Å². The molecule has 0 radical (unpaired) electrons. The Morgan fingerprint density at radius 1 is 1.11 bits per heavy atom. The van der Waals surface area contributed by atoms with Gasteiger partial charge in [-0.1, -0.05) is 17.7 Å². The Hall–Kier alpha value is -3.56. The maximum Gasteiger partial charge on any atom is 0.354 e. The molecule has 0 atom stereocenters. The zero-order valence-electron chi connectivity index (χ0n) is 19.4. The molecule has 2 N–H and O–H groups in total. The van der Waals surface area contributed by atoms with Crippen LogP contribution in [0.2, 0.25) is 5.02 Å². The molecule has 0 saturated heterocycles. The molecule has 182 valence electrons. The number of hydrogen-bond donors (Lipinski definition) is 2. The number of fused-ring (bicyclic) bond motifs is 1. The quantitative estimate of drug-likeness (QED) is 0.348. The third-order valence-corrected chi connectivity index (χ3v) is 6.50. The van der Waals surface area contributed by atoms with Gasteiger partial charge in [-0.2, -0.15) is 0 Å². The minimum atomic E-state index is -3.28. The van der Waals surface area contributed by atoms with Crippen molar-refractivity contribution < 1.29 is 17.9 Å². The van der Waals surface area contributed by atoms with Gasteiger partial charge in [0.2, 0.25) is 0 Å². The number of carbonyl (C=O) groups is 1. The maximum atomic E-state index is 12.8. The Bertz CT molecular complexity index is 1590. The number of nitrogens with zero attached hydrogens (tertiary/aromatic N) is 1. The molecule has 0 unspecified atom stereocenters. The third-order valence-electron chi connectivity index (χ3n) is 5.39. The first-order valence-corrected chi connectivity index (χ1v) is 13.2. The summed E-state index contributed by atoms with van der Waals surface area (Å²) in [6, 6.07) is 14.0. The molecule has 35 heavy (non-hydrogen) atoms. The molecule has 0 aliphatic carbocycles. The van der Waals surface area contributed by atoms with Gasteiger partial charge in [0.15, 0.2) is 9.84 Å². The van der Waals surface area contributed by atoms with Gasteiger partial charge in [0, 0.05) is 52.4 Å². The summed E-state index contributed by atoms with van der Waals surface area (Å²) in [5.74, 6) is -0.709. The second kappa shape index (κ2) is 9.59. The van der Waals surface area contributed by atoms with Gasteiger partial charge in [-0.25, -0.2) is 13.2 Å². The van der Waals surface area contributed by atoms with E-state index in [1.165, 1.54) is 10.8 Å². The zero-order valence-corrected chi connectivity index (χ0v) is 21.0. The second-order valence-electron chi connectivity index (χ2n) is 8.23. The number of H-pyrrole nitrogens is 1. The highest BCUT2D eigenvalue weighted by atomic mass is 35.5. The Morgan fingerprint density at radius 2 is 1.83 bits per heavy atom. The Kier molecular flexibility index (Phi) is 6.73. The van der Waals surface area contributed by atoms with Crippen LogP contribution in [0.25, 0.3) is 22.0 Å². The second-order valence-corrected chi connectivity index (χ2v) is 10.8. The van der Waals surface area contributed by atoms with Gasteiger partial charge < -0.3 is 19.6 Å². The van der Waals surface area contributed by atoms with Crippen LogP contribution in [0.1, 0.15) is 23.0 Å². The van der Waals surface area contributed by atoms with E-state index >= 15 is 0 Å². The molecule has 4 aromatic rings. The van der Waals surface area contributed by atoms with Crippen LogP contribution in [0.15, 0.2) is 59.5 Å². The number of halogens is 1. The number of aromatic amines is 1. The average Bonchev–Trinajstić information content (AvgIpc) is 3.24. The minimum absolute atomic E-state index is 0.142. The van der Waals surface area contributed by atoms with Crippen molar-refractivity contribution >= 4 is 49.7 Å². The number of esters is 1. The van der Waals surface area contributed by atoms with E-state index in [-0.39, 0.29) is 29.1 Å². The summed E-state index contributed by atoms with van der Waals surface area (Å²) < 4.78 is 30.5. The number of anilines is 2. The van der Waals surface area contributed by atoms with Crippen LogP contribution in [0.3, 0.4) is 0 Å². The maximum absolute atomic E-state index is 12.8. The van der Waals surface area contributed by atoms with Crippen molar-refractivity contribution in [2.24, 2.45) is 7.05 Å². The summed E-state index contributed by atoms with van der Waals surface area (Å²) in [5, 5.41) is 4.46. The first-order valence-electron chi connectivity index (χ1n) is 10.8. The highest BCUT2D eigenvalue weighted by Crippen LogP contribution is 2.36. The Labute approximate surface area is 207 Å². The summed E-state index contributed by atoms with van der Waals surface area (Å²) in [5.41, 5.74) is 3.45. The van der Waals surface area contributed by atoms with Crippen LogP contribution in [-0.2, 0) is 27.4 Å². The van der Waals surface area contributed by atoms with Crippen molar-refractivity contribution in [3.63, 3.8) is 0 Å². The molecule has 2 aromatic heterocycles.